The molecular weight excluding hydrogens is 192 g/mol. The molecule has 2 nitrogen and oxygen atoms in total. The molecule has 3 heteroatoms. The van der Waals surface area contributed by atoms with Gasteiger partial charge in [0, 0.05) is 0 Å². The molecular formula is C11H10N2S. The quantitative estimate of drug-likeness (QED) is 0.698. The molecule has 0 unspecified atom stereocenters. The Labute approximate surface area is 87.4 Å². The van der Waals surface area contributed by atoms with E-state index >= 15 is 0 Å². The van der Waals surface area contributed by atoms with E-state index in [1.54, 1.807) is 0 Å². The van der Waals surface area contributed by atoms with Crippen LogP contribution in [0.4, 0.5) is 5.82 Å². The number of anilines is 1. The largest absolute Gasteiger partial charge is 0.385 e. The summed E-state index contributed by atoms with van der Waals surface area (Å²) in [6.45, 7) is 0. The Balaban J connectivity index is 2.58. The third-order valence-electron chi connectivity index (χ3n) is 1.97. The van der Waals surface area contributed by atoms with Gasteiger partial charge in [0.25, 0.3) is 0 Å². The van der Waals surface area contributed by atoms with E-state index in [1.165, 1.54) is 0 Å². The van der Waals surface area contributed by atoms with Gasteiger partial charge >= 0.3 is 0 Å². The van der Waals surface area contributed by atoms with Crippen molar-refractivity contribution in [2.75, 3.05) is 5.73 Å². The highest BCUT2D eigenvalue weighted by atomic mass is 32.1. The zero-order valence-corrected chi connectivity index (χ0v) is 8.34. The third kappa shape index (κ3) is 1.83. The maximum absolute atomic E-state index is 5.67. The van der Waals surface area contributed by atoms with Crippen molar-refractivity contribution < 1.29 is 0 Å². The highest BCUT2D eigenvalue weighted by Gasteiger charge is 1.97. The van der Waals surface area contributed by atoms with Crippen molar-refractivity contribution in [1.29, 1.82) is 0 Å². The molecule has 2 aromatic rings. The van der Waals surface area contributed by atoms with Gasteiger partial charge in [-0.05, 0) is 23.3 Å². The van der Waals surface area contributed by atoms with Crippen LogP contribution >= 0.6 is 12.2 Å². The van der Waals surface area contributed by atoms with E-state index in [2.05, 4.69) is 4.98 Å². The van der Waals surface area contributed by atoms with Crippen LogP contribution in [0.25, 0.3) is 11.1 Å². The lowest BCUT2D eigenvalue weighted by atomic mass is 10.1. The fourth-order valence-corrected chi connectivity index (χ4v) is 1.61. The van der Waals surface area contributed by atoms with Crippen molar-refractivity contribution >= 4 is 18.0 Å². The van der Waals surface area contributed by atoms with Gasteiger partial charge in [-0.1, -0.05) is 42.5 Å². The molecule has 3 N–H and O–H groups in total. The molecule has 0 saturated carbocycles. The SMILES string of the molecule is Nc1cc(-c2ccccc2)cc(=S)[nH]1. The zero-order chi connectivity index (χ0) is 9.97. The minimum atomic E-state index is 0.594. The van der Waals surface area contributed by atoms with Crippen LogP contribution in [0.1, 0.15) is 0 Å². The van der Waals surface area contributed by atoms with Crippen LogP contribution in [0.15, 0.2) is 42.5 Å². The molecule has 0 atom stereocenters. The molecule has 0 amide bonds. The fourth-order valence-electron chi connectivity index (χ4n) is 1.36. The average molecular weight is 202 g/mol. The Morgan fingerprint density at radius 1 is 1.00 bits per heavy atom. The summed E-state index contributed by atoms with van der Waals surface area (Å²) in [5.74, 6) is 0.594. The molecule has 0 fully saturated rings. The standard InChI is InChI=1S/C11H10N2S/c12-10-6-9(7-11(14)13-10)8-4-2-1-3-5-8/h1-7H,(H3,12,13,14). The summed E-state index contributed by atoms with van der Waals surface area (Å²) in [6, 6.07) is 13.8. The van der Waals surface area contributed by atoms with Gasteiger partial charge in [0.15, 0.2) is 0 Å². The van der Waals surface area contributed by atoms with Crippen molar-refractivity contribution in [3.63, 3.8) is 0 Å². The molecule has 0 saturated heterocycles. The number of aromatic amines is 1. The first-order valence-electron chi connectivity index (χ1n) is 4.31. The normalized spacial score (nSPS) is 10.0. The molecule has 2 rings (SSSR count). The van der Waals surface area contributed by atoms with Crippen LogP contribution in [0.3, 0.4) is 0 Å². The Bertz CT molecular complexity index is 488. The molecule has 70 valence electrons. The fraction of sp³-hybridized carbons (Fsp3) is 0. The smallest absolute Gasteiger partial charge is 0.105 e. The van der Waals surface area contributed by atoms with Crippen LogP contribution in [-0.4, -0.2) is 4.98 Å². The minimum Gasteiger partial charge on any atom is -0.385 e. The first-order valence-corrected chi connectivity index (χ1v) is 4.72. The number of hydrogen-bond acceptors (Lipinski definition) is 2. The average Bonchev–Trinajstić information content (AvgIpc) is 2.18. The van der Waals surface area contributed by atoms with Crippen molar-refractivity contribution in [2.45, 2.75) is 0 Å². The summed E-state index contributed by atoms with van der Waals surface area (Å²) in [4.78, 5) is 2.87. The Hall–Kier alpha value is -1.61. The minimum absolute atomic E-state index is 0.594. The summed E-state index contributed by atoms with van der Waals surface area (Å²) in [5.41, 5.74) is 7.85. The topological polar surface area (TPSA) is 41.8 Å². The summed E-state index contributed by atoms with van der Waals surface area (Å²) in [6.07, 6.45) is 0. The van der Waals surface area contributed by atoms with Gasteiger partial charge in [0.2, 0.25) is 0 Å². The van der Waals surface area contributed by atoms with E-state index in [9.17, 15) is 0 Å². The number of hydrogen-bond donors (Lipinski definition) is 2. The number of nitrogens with two attached hydrogens (primary N) is 1. The number of aromatic nitrogens is 1. The van der Waals surface area contributed by atoms with Gasteiger partial charge in [0.05, 0.1) is 0 Å². The van der Waals surface area contributed by atoms with Crippen molar-refractivity contribution in [2.24, 2.45) is 0 Å². The molecule has 0 aliphatic rings. The molecule has 0 spiro atoms. The van der Waals surface area contributed by atoms with Crippen LogP contribution in [0.2, 0.25) is 0 Å². The first kappa shape index (κ1) is 8.97. The van der Waals surface area contributed by atoms with Crippen molar-refractivity contribution in [3.8, 4) is 11.1 Å². The lowest BCUT2D eigenvalue weighted by molar-refractivity contribution is 1.31. The molecule has 0 bridgehead atoms. The Morgan fingerprint density at radius 3 is 2.36 bits per heavy atom. The maximum Gasteiger partial charge on any atom is 0.105 e. The van der Waals surface area contributed by atoms with Gasteiger partial charge in [-0.25, -0.2) is 0 Å². The molecule has 1 aromatic heterocycles. The predicted octanol–water partition coefficient (Wildman–Crippen LogP) is 2.99. The van der Waals surface area contributed by atoms with Crippen molar-refractivity contribution in [1.82, 2.24) is 4.98 Å². The lowest BCUT2D eigenvalue weighted by Crippen LogP contribution is -1.90. The molecule has 14 heavy (non-hydrogen) atoms. The van der Waals surface area contributed by atoms with E-state index in [4.69, 9.17) is 18.0 Å². The summed E-state index contributed by atoms with van der Waals surface area (Å²) in [7, 11) is 0. The second-order valence-electron chi connectivity index (χ2n) is 3.05. The van der Waals surface area contributed by atoms with E-state index in [0.717, 1.165) is 11.1 Å². The first-order chi connectivity index (χ1) is 6.75. The molecule has 0 radical (unpaired) electrons. The molecule has 0 aliphatic carbocycles. The molecule has 0 aliphatic heterocycles. The number of benzene rings is 1. The van der Waals surface area contributed by atoms with E-state index in [-0.39, 0.29) is 0 Å². The van der Waals surface area contributed by atoms with Gasteiger partial charge in [-0.15, -0.1) is 0 Å². The van der Waals surface area contributed by atoms with Crippen LogP contribution in [0.5, 0.6) is 0 Å². The monoisotopic (exact) mass is 202 g/mol. The van der Waals surface area contributed by atoms with Crippen LogP contribution in [0, 0.1) is 4.64 Å². The summed E-state index contributed by atoms with van der Waals surface area (Å²) in [5, 5.41) is 0. The number of pyridine rings is 1. The summed E-state index contributed by atoms with van der Waals surface area (Å²) >= 11 is 5.05. The highest BCUT2D eigenvalue weighted by Crippen LogP contribution is 2.19. The highest BCUT2D eigenvalue weighted by molar-refractivity contribution is 7.71. The number of nitrogen functional groups attached to an aromatic ring is 1. The van der Waals surface area contributed by atoms with Crippen molar-refractivity contribution in [3.05, 3.63) is 47.1 Å². The second-order valence-corrected chi connectivity index (χ2v) is 3.49. The maximum atomic E-state index is 5.67. The Kier molecular flexibility index (Phi) is 2.33. The second kappa shape index (κ2) is 3.64. The van der Waals surface area contributed by atoms with Gasteiger partial charge in [0.1, 0.15) is 10.5 Å². The molecule has 1 aromatic carbocycles. The lowest BCUT2D eigenvalue weighted by Gasteiger charge is -2.02. The van der Waals surface area contributed by atoms with Crippen LogP contribution < -0.4 is 5.73 Å². The number of H-pyrrole nitrogens is 1. The van der Waals surface area contributed by atoms with E-state index in [1.807, 2.05) is 42.5 Å². The molecule has 1 heterocycles. The van der Waals surface area contributed by atoms with E-state index < -0.39 is 0 Å². The van der Waals surface area contributed by atoms with Crippen LogP contribution in [-0.2, 0) is 0 Å². The van der Waals surface area contributed by atoms with Gasteiger partial charge in [-0.3, -0.25) is 0 Å². The van der Waals surface area contributed by atoms with Gasteiger partial charge in [-0.2, -0.15) is 0 Å². The summed E-state index contributed by atoms with van der Waals surface area (Å²) < 4.78 is 0.656. The predicted molar refractivity (Wildman–Crippen MR) is 61.5 cm³/mol. The zero-order valence-electron chi connectivity index (χ0n) is 7.53. The Morgan fingerprint density at radius 2 is 1.71 bits per heavy atom. The number of rotatable bonds is 1. The van der Waals surface area contributed by atoms with Gasteiger partial charge < -0.3 is 10.7 Å². The van der Waals surface area contributed by atoms with E-state index in [0.29, 0.717) is 10.5 Å². The third-order valence-corrected chi connectivity index (χ3v) is 2.19. The number of nitrogens with one attached hydrogen (secondary N) is 1.